The Morgan fingerprint density at radius 2 is 2.13 bits per heavy atom. The van der Waals surface area contributed by atoms with Gasteiger partial charge in [0.25, 0.3) is 0 Å². The molecule has 2 fully saturated rings. The fraction of sp³-hybridized carbons (Fsp3) is 0.700. The second-order valence-electron chi connectivity index (χ2n) is 4.21. The van der Waals surface area contributed by atoms with E-state index in [1.807, 2.05) is 0 Å². The van der Waals surface area contributed by atoms with Crippen LogP contribution < -0.4 is 10.6 Å². The Kier molecular flexibility index (Phi) is 2.70. The summed E-state index contributed by atoms with van der Waals surface area (Å²) in [5, 5.41) is 4.85. The Labute approximate surface area is 87.6 Å². The van der Waals surface area contributed by atoms with Gasteiger partial charge in [0.15, 0.2) is 0 Å². The summed E-state index contributed by atoms with van der Waals surface area (Å²) < 4.78 is 0. The van der Waals surface area contributed by atoms with Gasteiger partial charge in [-0.2, -0.15) is 0 Å². The number of hydrogen-bond acceptors (Lipinski definition) is 3. The van der Waals surface area contributed by atoms with Crippen LogP contribution in [0.4, 0.5) is 0 Å². The van der Waals surface area contributed by atoms with Crippen LogP contribution in [-0.4, -0.2) is 24.3 Å². The lowest BCUT2D eigenvalue weighted by Gasteiger charge is -2.25. The number of hydrogen-bond donors (Lipinski definition) is 2. The van der Waals surface area contributed by atoms with Crippen molar-refractivity contribution in [3.05, 3.63) is 0 Å². The maximum Gasteiger partial charge on any atom is 0.239 e. The number of nitrogens with one attached hydrogen (secondary N) is 2. The zero-order valence-electron chi connectivity index (χ0n) is 8.41. The van der Waals surface area contributed by atoms with Crippen molar-refractivity contribution in [1.29, 1.82) is 0 Å². The molecule has 1 atom stereocenters. The molecule has 1 aliphatic carbocycles. The molecular formula is C10H14N2O3. The van der Waals surface area contributed by atoms with Gasteiger partial charge in [0.05, 0.1) is 0 Å². The van der Waals surface area contributed by atoms with Crippen LogP contribution in [0.15, 0.2) is 0 Å². The molecule has 1 aliphatic heterocycles. The monoisotopic (exact) mass is 210 g/mol. The van der Waals surface area contributed by atoms with E-state index in [2.05, 4.69) is 10.6 Å². The van der Waals surface area contributed by atoms with Crippen LogP contribution in [0.1, 0.15) is 25.7 Å². The van der Waals surface area contributed by atoms with E-state index < -0.39 is 11.8 Å². The summed E-state index contributed by atoms with van der Waals surface area (Å²) in [6.07, 6.45) is 3.52. The van der Waals surface area contributed by atoms with E-state index in [1.165, 1.54) is 6.42 Å². The minimum absolute atomic E-state index is 0.00463. The Bertz CT molecular complexity index is 310. The van der Waals surface area contributed by atoms with Crippen LogP contribution in [0.5, 0.6) is 0 Å². The summed E-state index contributed by atoms with van der Waals surface area (Å²) in [4.78, 5) is 33.5. The van der Waals surface area contributed by atoms with Crippen LogP contribution >= 0.6 is 0 Å². The molecule has 5 heteroatoms. The fourth-order valence-corrected chi connectivity index (χ4v) is 1.83. The van der Waals surface area contributed by atoms with Gasteiger partial charge in [0, 0.05) is 13.0 Å². The fourth-order valence-electron chi connectivity index (χ4n) is 1.83. The molecule has 15 heavy (non-hydrogen) atoms. The van der Waals surface area contributed by atoms with Crippen LogP contribution in [0, 0.1) is 11.8 Å². The van der Waals surface area contributed by atoms with E-state index in [0.29, 0.717) is 12.5 Å². The highest BCUT2D eigenvalue weighted by Gasteiger charge is 2.36. The quantitative estimate of drug-likeness (QED) is 0.490. The first-order valence-electron chi connectivity index (χ1n) is 5.28. The van der Waals surface area contributed by atoms with Gasteiger partial charge < -0.3 is 5.32 Å². The molecule has 3 amide bonds. The standard InChI is InChI=1S/C10H14N2O3/c13-8-4-7(10(15)12-8)9(14)11-5-6-2-1-3-6/h6-7H,1-5H2,(H,11,14)(H,12,13,15). The molecule has 1 heterocycles. The van der Waals surface area contributed by atoms with Gasteiger partial charge in [-0.05, 0) is 18.8 Å². The summed E-state index contributed by atoms with van der Waals surface area (Å²) in [5.74, 6) is -1.38. The van der Waals surface area contributed by atoms with E-state index in [1.54, 1.807) is 0 Å². The summed E-state index contributed by atoms with van der Waals surface area (Å²) in [5.41, 5.74) is 0. The molecule has 0 spiro atoms. The third kappa shape index (κ3) is 2.16. The van der Waals surface area contributed by atoms with Crippen molar-refractivity contribution in [2.45, 2.75) is 25.7 Å². The molecule has 1 saturated heterocycles. The van der Waals surface area contributed by atoms with Crippen molar-refractivity contribution in [3.63, 3.8) is 0 Å². The molecule has 0 bridgehead atoms. The number of carbonyl (C=O) groups excluding carboxylic acids is 3. The Morgan fingerprint density at radius 3 is 2.60 bits per heavy atom. The van der Waals surface area contributed by atoms with Gasteiger partial charge in [-0.15, -0.1) is 0 Å². The lowest BCUT2D eigenvalue weighted by molar-refractivity contribution is -0.133. The van der Waals surface area contributed by atoms with Gasteiger partial charge in [-0.25, -0.2) is 0 Å². The predicted octanol–water partition coefficient (Wildman–Crippen LogP) is -0.435. The third-order valence-corrected chi connectivity index (χ3v) is 3.07. The molecule has 2 N–H and O–H groups in total. The normalized spacial score (nSPS) is 26.0. The largest absolute Gasteiger partial charge is 0.355 e. The highest BCUT2D eigenvalue weighted by Crippen LogP contribution is 2.25. The van der Waals surface area contributed by atoms with Gasteiger partial charge >= 0.3 is 0 Å². The third-order valence-electron chi connectivity index (χ3n) is 3.07. The van der Waals surface area contributed by atoms with Gasteiger partial charge in [0.2, 0.25) is 17.7 Å². The Hall–Kier alpha value is -1.39. The number of carbonyl (C=O) groups is 3. The smallest absolute Gasteiger partial charge is 0.239 e. The minimum Gasteiger partial charge on any atom is -0.355 e. The first-order valence-corrected chi connectivity index (χ1v) is 5.28. The van der Waals surface area contributed by atoms with Gasteiger partial charge in [0.1, 0.15) is 5.92 Å². The van der Waals surface area contributed by atoms with Crippen LogP contribution in [0.25, 0.3) is 0 Å². The molecule has 82 valence electrons. The Balaban J connectivity index is 1.79. The van der Waals surface area contributed by atoms with E-state index in [-0.39, 0.29) is 18.2 Å². The molecule has 1 unspecified atom stereocenters. The first kappa shape index (κ1) is 10.1. The summed E-state index contributed by atoms with van der Waals surface area (Å²) >= 11 is 0. The Morgan fingerprint density at radius 1 is 1.40 bits per heavy atom. The van der Waals surface area contributed by atoms with Crippen LogP contribution in [0.3, 0.4) is 0 Å². The van der Waals surface area contributed by atoms with Crippen molar-refractivity contribution < 1.29 is 14.4 Å². The lowest BCUT2D eigenvalue weighted by atomic mass is 9.85. The number of amides is 3. The minimum atomic E-state index is -0.808. The number of imide groups is 1. The lowest BCUT2D eigenvalue weighted by Crippen LogP contribution is -2.38. The second-order valence-corrected chi connectivity index (χ2v) is 4.21. The van der Waals surface area contributed by atoms with Crippen molar-refractivity contribution in [3.8, 4) is 0 Å². The number of rotatable bonds is 3. The average Bonchev–Trinajstić information content (AvgIpc) is 2.42. The zero-order chi connectivity index (χ0) is 10.8. The average molecular weight is 210 g/mol. The van der Waals surface area contributed by atoms with Gasteiger partial charge in [-0.1, -0.05) is 6.42 Å². The molecule has 0 aromatic rings. The maximum atomic E-state index is 11.5. The molecule has 2 aliphatic rings. The molecule has 5 nitrogen and oxygen atoms in total. The molecule has 0 aromatic carbocycles. The zero-order valence-corrected chi connectivity index (χ0v) is 8.41. The van der Waals surface area contributed by atoms with Crippen molar-refractivity contribution in [1.82, 2.24) is 10.6 Å². The van der Waals surface area contributed by atoms with Crippen molar-refractivity contribution >= 4 is 17.7 Å². The van der Waals surface area contributed by atoms with Crippen molar-refractivity contribution in [2.24, 2.45) is 11.8 Å². The highest BCUT2D eigenvalue weighted by atomic mass is 16.2. The van der Waals surface area contributed by atoms with Crippen molar-refractivity contribution in [2.75, 3.05) is 6.54 Å². The van der Waals surface area contributed by atoms with Gasteiger partial charge in [-0.3, -0.25) is 19.7 Å². The second kappa shape index (κ2) is 4.00. The van der Waals surface area contributed by atoms with Crippen LogP contribution in [0.2, 0.25) is 0 Å². The molecule has 1 saturated carbocycles. The van der Waals surface area contributed by atoms with E-state index >= 15 is 0 Å². The topological polar surface area (TPSA) is 75.3 Å². The maximum absolute atomic E-state index is 11.5. The molecule has 2 rings (SSSR count). The first-order chi connectivity index (χ1) is 7.16. The predicted molar refractivity (Wildman–Crippen MR) is 51.6 cm³/mol. The van der Waals surface area contributed by atoms with Crippen LogP contribution in [-0.2, 0) is 14.4 Å². The summed E-state index contributed by atoms with van der Waals surface area (Å²) in [6, 6.07) is 0. The highest BCUT2D eigenvalue weighted by molar-refractivity contribution is 6.13. The molecule has 0 aromatic heterocycles. The van der Waals surface area contributed by atoms with E-state index in [9.17, 15) is 14.4 Å². The summed E-state index contributed by atoms with van der Waals surface area (Å²) in [6.45, 7) is 0.636. The molecule has 0 radical (unpaired) electrons. The van der Waals surface area contributed by atoms with E-state index in [0.717, 1.165) is 12.8 Å². The molecular weight excluding hydrogens is 196 g/mol. The van der Waals surface area contributed by atoms with E-state index in [4.69, 9.17) is 0 Å². The summed E-state index contributed by atoms with van der Waals surface area (Å²) in [7, 11) is 0. The SMILES string of the molecule is O=C1CC(C(=O)NCC2CCC2)C(=O)N1.